The van der Waals surface area contributed by atoms with Crippen LogP contribution in [0, 0.1) is 5.82 Å². The Bertz CT molecular complexity index is 719. The fourth-order valence-corrected chi connectivity index (χ4v) is 3.09. The maximum atomic E-state index is 13.3. The second-order valence-electron chi connectivity index (χ2n) is 6.18. The largest absolute Gasteiger partial charge is 0.399 e. The SMILES string of the molecule is Nc1cccc(CN2CCCN(C(=O)c3cccc(F)c3)CC2)c1. The molecule has 3 rings (SSSR count). The second kappa shape index (κ2) is 7.45. The summed E-state index contributed by atoms with van der Waals surface area (Å²) in [4.78, 5) is 16.7. The monoisotopic (exact) mass is 327 g/mol. The van der Waals surface area contributed by atoms with Gasteiger partial charge in [-0.2, -0.15) is 0 Å². The van der Waals surface area contributed by atoms with Crippen LogP contribution in [0.15, 0.2) is 48.5 Å². The van der Waals surface area contributed by atoms with Crippen LogP contribution in [0.25, 0.3) is 0 Å². The Morgan fingerprint density at radius 2 is 1.88 bits per heavy atom. The number of hydrogen-bond donors (Lipinski definition) is 1. The number of anilines is 1. The van der Waals surface area contributed by atoms with Crippen LogP contribution < -0.4 is 5.73 Å². The average Bonchev–Trinajstić information content (AvgIpc) is 2.80. The van der Waals surface area contributed by atoms with E-state index in [2.05, 4.69) is 11.0 Å². The summed E-state index contributed by atoms with van der Waals surface area (Å²) in [5.74, 6) is -0.473. The van der Waals surface area contributed by atoms with Crippen molar-refractivity contribution in [1.29, 1.82) is 0 Å². The number of rotatable bonds is 3. The van der Waals surface area contributed by atoms with E-state index in [0.29, 0.717) is 18.7 Å². The quantitative estimate of drug-likeness (QED) is 0.882. The molecule has 0 atom stereocenters. The first-order valence-corrected chi connectivity index (χ1v) is 8.23. The molecule has 2 aromatic rings. The van der Waals surface area contributed by atoms with Crippen molar-refractivity contribution in [3.63, 3.8) is 0 Å². The van der Waals surface area contributed by atoms with Gasteiger partial charge in [0, 0.05) is 44.0 Å². The van der Waals surface area contributed by atoms with Crippen molar-refractivity contribution in [3.05, 3.63) is 65.5 Å². The van der Waals surface area contributed by atoms with E-state index in [0.717, 1.165) is 31.7 Å². The zero-order valence-corrected chi connectivity index (χ0v) is 13.6. The lowest BCUT2D eigenvalue weighted by molar-refractivity contribution is 0.0760. The predicted molar refractivity (Wildman–Crippen MR) is 93.1 cm³/mol. The third-order valence-corrected chi connectivity index (χ3v) is 4.30. The molecule has 2 aromatic carbocycles. The predicted octanol–water partition coefficient (Wildman–Crippen LogP) is 2.76. The fraction of sp³-hybridized carbons (Fsp3) is 0.316. The van der Waals surface area contributed by atoms with Crippen molar-refractivity contribution in [2.45, 2.75) is 13.0 Å². The third-order valence-electron chi connectivity index (χ3n) is 4.30. The van der Waals surface area contributed by atoms with Crippen LogP contribution in [-0.4, -0.2) is 41.9 Å². The Labute approximate surface area is 141 Å². The van der Waals surface area contributed by atoms with Gasteiger partial charge in [0.15, 0.2) is 0 Å². The van der Waals surface area contributed by atoms with E-state index < -0.39 is 0 Å². The summed E-state index contributed by atoms with van der Waals surface area (Å²) in [5.41, 5.74) is 8.20. The molecule has 1 saturated heterocycles. The van der Waals surface area contributed by atoms with Crippen molar-refractivity contribution in [2.75, 3.05) is 31.9 Å². The first kappa shape index (κ1) is 16.5. The van der Waals surface area contributed by atoms with Gasteiger partial charge in [0.05, 0.1) is 0 Å². The normalized spacial score (nSPS) is 16.0. The summed E-state index contributed by atoms with van der Waals surface area (Å²) in [6, 6.07) is 13.8. The van der Waals surface area contributed by atoms with Gasteiger partial charge in [0.1, 0.15) is 5.82 Å². The number of benzene rings is 2. The van der Waals surface area contributed by atoms with Crippen molar-refractivity contribution >= 4 is 11.6 Å². The van der Waals surface area contributed by atoms with Crippen molar-refractivity contribution < 1.29 is 9.18 Å². The molecule has 2 N–H and O–H groups in total. The number of carbonyl (C=O) groups is 1. The summed E-state index contributed by atoms with van der Waals surface area (Å²) in [6.45, 7) is 3.91. The van der Waals surface area contributed by atoms with Crippen LogP contribution in [-0.2, 0) is 6.54 Å². The van der Waals surface area contributed by atoms with Gasteiger partial charge in [-0.25, -0.2) is 4.39 Å². The molecule has 0 bridgehead atoms. The Morgan fingerprint density at radius 3 is 2.67 bits per heavy atom. The maximum Gasteiger partial charge on any atom is 0.254 e. The topological polar surface area (TPSA) is 49.6 Å². The van der Waals surface area contributed by atoms with Gasteiger partial charge in [-0.05, 0) is 42.3 Å². The molecule has 0 spiro atoms. The number of nitrogens with two attached hydrogens (primary N) is 1. The average molecular weight is 327 g/mol. The molecule has 1 aliphatic rings. The second-order valence-corrected chi connectivity index (χ2v) is 6.18. The summed E-state index contributed by atoms with van der Waals surface area (Å²) < 4.78 is 13.3. The van der Waals surface area contributed by atoms with Crippen molar-refractivity contribution in [1.82, 2.24) is 9.80 Å². The molecular weight excluding hydrogens is 305 g/mol. The van der Waals surface area contributed by atoms with E-state index in [9.17, 15) is 9.18 Å². The van der Waals surface area contributed by atoms with Crippen LogP contribution in [0.4, 0.5) is 10.1 Å². The first-order chi connectivity index (χ1) is 11.6. The molecule has 1 fully saturated rings. The molecule has 1 heterocycles. The fourth-order valence-electron chi connectivity index (χ4n) is 3.09. The molecule has 4 nitrogen and oxygen atoms in total. The number of halogens is 1. The minimum Gasteiger partial charge on any atom is -0.399 e. The van der Waals surface area contributed by atoms with Crippen LogP contribution in [0.2, 0.25) is 0 Å². The number of carbonyl (C=O) groups excluding carboxylic acids is 1. The third kappa shape index (κ3) is 4.11. The molecule has 1 aliphatic heterocycles. The number of hydrogen-bond acceptors (Lipinski definition) is 3. The van der Waals surface area contributed by atoms with Gasteiger partial charge in [0.2, 0.25) is 0 Å². The van der Waals surface area contributed by atoms with Gasteiger partial charge >= 0.3 is 0 Å². The minimum atomic E-state index is -0.376. The summed E-state index contributed by atoms with van der Waals surface area (Å²) >= 11 is 0. The van der Waals surface area contributed by atoms with Crippen molar-refractivity contribution in [3.8, 4) is 0 Å². The van der Waals surface area contributed by atoms with E-state index in [-0.39, 0.29) is 11.7 Å². The van der Waals surface area contributed by atoms with E-state index in [1.165, 1.54) is 17.7 Å². The van der Waals surface area contributed by atoms with Crippen LogP contribution in [0.3, 0.4) is 0 Å². The molecule has 5 heteroatoms. The van der Waals surface area contributed by atoms with Crippen LogP contribution >= 0.6 is 0 Å². The lowest BCUT2D eigenvalue weighted by Gasteiger charge is -2.22. The van der Waals surface area contributed by atoms with E-state index >= 15 is 0 Å². The summed E-state index contributed by atoms with van der Waals surface area (Å²) in [7, 11) is 0. The molecule has 0 saturated carbocycles. The molecule has 1 amide bonds. The van der Waals surface area contributed by atoms with Crippen LogP contribution in [0.5, 0.6) is 0 Å². The highest BCUT2D eigenvalue weighted by molar-refractivity contribution is 5.94. The van der Waals surface area contributed by atoms with Gasteiger partial charge in [-0.3, -0.25) is 9.69 Å². The Balaban J connectivity index is 1.61. The Morgan fingerprint density at radius 1 is 1.04 bits per heavy atom. The highest BCUT2D eigenvalue weighted by atomic mass is 19.1. The Kier molecular flexibility index (Phi) is 5.11. The smallest absolute Gasteiger partial charge is 0.254 e. The van der Waals surface area contributed by atoms with Crippen LogP contribution in [0.1, 0.15) is 22.3 Å². The highest BCUT2D eigenvalue weighted by Gasteiger charge is 2.20. The van der Waals surface area contributed by atoms with Gasteiger partial charge in [-0.1, -0.05) is 18.2 Å². The summed E-state index contributed by atoms with van der Waals surface area (Å²) in [5, 5.41) is 0. The molecule has 0 unspecified atom stereocenters. The molecule has 24 heavy (non-hydrogen) atoms. The Hall–Kier alpha value is -2.40. The zero-order chi connectivity index (χ0) is 16.9. The first-order valence-electron chi connectivity index (χ1n) is 8.23. The lowest BCUT2D eigenvalue weighted by Crippen LogP contribution is -2.35. The van der Waals surface area contributed by atoms with Gasteiger partial charge < -0.3 is 10.6 Å². The number of nitrogen functional groups attached to an aromatic ring is 1. The molecular formula is C19H22FN3O. The molecule has 126 valence electrons. The van der Waals surface area contributed by atoms with E-state index in [1.54, 1.807) is 12.1 Å². The van der Waals surface area contributed by atoms with Crippen molar-refractivity contribution in [2.24, 2.45) is 0 Å². The molecule has 0 aliphatic carbocycles. The van der Waals surface area contributed by atoms with E-state index in [4.69, 9.17) is 5.73 Å². The zero-order valence-electron chi connectivity index (χ0n) is 13.6. The number of amides is 1. The standard InChI is InChI=1S/C19H22FN3O/c20-17-6-2-5-16(13-17)19(24)23-9-3-8-22(10-11-23)14-15-4-1-7-18(21)12-15/h1-2,4-7,12-13H,3,8-11,14,21H2. The lowest BCUT2D eigenvalue weighted by atomic mass is 10.2. The minimum absolute atomic E-state index is 0.0969. The molecule has 0 aromatic heterocycles. The maximum absolute atomic E-state index is 13.3. The highest BCUT2D eigenvalue weighted by Crippen LogP contribution is 2.14. The summed E-state index contributed by atoms with van der Waals surface area (Å²) in [6.07, 6.45) is 0.906. The number of nitrogens with zero attached hydrogens (tertiary/aromatic N) is 2. The van der Waals surface area contributed by atoms with Gasteiger partial charge in [0.25, 0.3) is 5.91 Å². The molecule has 0 radical (unpaired) electrons. The van der Waals surface area contributed by atoms with E-state index in [1.807, 2.05) is 23.1 Å². The van der Waals surface area contributed by atoms with Gasteiger partial charge in [-0.15, -0.1) is 0 Å².